The normalized spacial score (nSPS) is 7.50. The largest absolute Gasteiger partial charge is 0.481 e. The predicted molar refractivity (Wildman–Crippen MR) is 43.3 cm³/mol. The Kier molecular flexibility index (Phi) is 10.6. The molecule has 5 heteroatoms. The Morgan fingerprint density at radius 2 is 2.17 bits per heavy atom. The zero-order valence-corrected chi connectivity index (χ0v) is 6.95. The lowest BCUT2D eigenvalue weighted by atomic mass is 10.5. The molecule has 0 aromatic heterocycles. The molecular weight excluding hydrogens is 162 g/mol. The second-order valence-corrected chi connectivity index (χ2v) is 1.71. The van der Waals surface area contributed by atoms with Crippen LogP contribution in [0.25, 0.3) is 0 Å². The van der Waals surface area contributed by atoms with Crippen LogP contribution in [-0.2, 0) is 14.3 Å². The molecule has 70 valence electrons. The minimum absolute atomic E-state index is 0.0694. The summed E-state index contributed by atoms with van der Waals surface area (Å²) < 4.78 is 4.17. The summed E-state index contributed by atoms with van der Waals surface area (Å²) in [4.78, 5) is 19.3. The fourth-order valence-electron chi connectivity index (χ4n) is 0.241. The summed E-state index contributed by atoms with van der Waals surface area (Å²) in [5.74, 6) is -1.16. The summed E-state index contributed by atoms with van der Waals surface area (Å²) in [6.07, 6.45) is 1.17. The quantitative estimate of drug-likeness (QED) is 0.469. The Bertz CT molecular complexity index is 155. The van der Waals surface area contributed by atoms with E-state index in [4.69, 9.17) is 10.8 Å². The van der Waals surface area contributed by atoms with Gasteiger partial charge in [-0.3, -0.25) is 9.59 Å². The number of hydrogen-bond acceptors (Lipinski definition) is 4. The monoisotopic (exact) mass is 175 g/mol. The third kappa shape index (κ3) is 23.4. The van der Waals surface area contributed by atoms with E-state index in [1.165, 1.54) is 6.92 Å². The average Bonchev–Trinajstić information content (AvgIpc) is 1.87. The van der Waals surface area contributed by atoms with Crippen molar-refractivity contribution in [2.75, 3.05) is 6.54 Å². The molecule has 0 heterocycles. The van der Waals surface area contributed by atoms with E-state index in [-0.39, 0.29) is 18.9 Å². The molecule has 0 saturated carbocycles. The molecule has 0 radical (unpaired) electrons. The van der Waals surface area contributed by atoms with Crippen molar-refractivity contribution in [1.29, 1.82) is 0 Å². The van der Waals surface area contributed by atoms with Crippen molar-refractivity contribution in [1.82, 2.24) is 0 Å². The SMILES string of the molecule is C=COC(C)=O.NCCC(=O)O. The minimum atomic E-state index is -0.836. The molecule has 0 aromatic rings. The van der Waals surface area contributed by atoms with E-state index in [2.05, 4.69) is 11.3 Å². The Morgan fingerprint density at radius 3 is 2.17 bits per heavy atom. The molecule has 12 heavy (non-hydrogen) atoms. The van der Waals surface area contributed by atoms with E-state index in [1.54, 1.807) is 0 Å². The van der Waals surface area contributed by atoms with E-state index in [0.29, 0.717) is 0 Å². The first-order valence-electron chi connectivity index (χ1n) is 3.24. The van der Waals surface area contributed by atoms with Crippen LogP contribution >= 0.6 is 0 Å². The summed E-state index contributed by atoms with van der Waals surface area (Å²) in [6, 6.07) is 0. The molecule has 0 spiro atoms. The highest BCUT2D eigenvalue weighted by atomic mass is 16.5. The van der Waals surface area contributed by atoms with E-state index in [1.807, 2.05) is 0 Å². The number of nitrogens with two attached hydrogens (primary N) is 1. The maximum absolute atomic E-state index is 9.75. The lowest BCUT2D eigenvalue weighted by molar-refractivity contribution is -0.137. The third-order valence-corrected chi connectivity index (χ3v) is 0.608. The minimum Gasteiger partial charge on any atom is -0.481 e. The molecule has 0 fully saturated rings. The highest BCUT2D eigenvalue weighted by Crippen LogP contribution is 1.70. The number of ether oxygens (including phenoxy) is 1. The number of carboxylic acid groups (broad SMARTS) is 1. The lowest BCUT2D eigenvalue weighted by Crippen LogP contribution is -2.05. The van der Waals surface area contributed by atoms with Gasteiger partial charge in [0, 0.05) is 13.5 Å². The second kappa shape index (κ2) is 9.64. The van der Waals surface area contributed by atoms with Crippen LogP contribution in [0.15, 0.2) is 12.8 Å². The van der Waals surface area contributed by atoms with Crippen LogP contribution in [0.2, 0.25) is 0 Å². The average molecular weight is 175 g/mol. The van der Waals surface area contributed by atoms with Crippen molar-refractivity contribution in [3.63, 3.8) is 0 Å². The Balaban J connectivity index is 0. The smallest absolute Gasteiger partial charge is 0.307 e. The maximum Gasteiger partial charge on any atom is 0.307 e. The maximum atomic E-state index is 9.75. The van der Waals surface area contributed by atoms with Crippen molar-refractivity contribution in [2.24, 2.45) is 5.73 Å². The number of hydrogen-bond donors (Lipinski definition) is 2. The fraction of sp³-hybridized carbons (Fsp3) is 0.429. The van der Waals surface area contributed by atoms with Crippen molar-refractivity contribution in [3.05, 3.63) is 12.8 Å². The molecule has 0 saturated heterocycles. The highest BCUT2D eigenvalue weighted by molar-refractivity contribution is 5.66. The molecule has 0 amide bonds. The van der Waals surface area contributed by atoms with Gasteiger partial charge in [0.2, 0.25) is 0 Å². The Hall–Kier alpha value is -1.36. The zero-order valence-electron chi connectivity index (χ0n) is 6.95. The number of esters is 1. The van der Waals surface area contributed by atoms with Gasteiger partial charge in [0.05, 0.1) is 12.7 Å². The van der Waals surface area contributed by atoms with Crippen LogP contribution in [0.1, 0.15) is 13.3 Å². The molecule has 3 N–H and O–H groups in total. The first kappa shape index (κ1) is 13.2. The molecule has 0 aliphatic rings. The van der Waals surface area contributed by atoms with Gasteiger partial charge in [-0.1, -0.05) is 6.58 Å². The van der Waals surface area contributed by atoms with Gasteiger partial charge < -0.3 is 15.6 Å². The van der Waals surface area contributed by atoms with Gasteiger partial charge in [0.1, 0.15) is 0 Å². The van der Waals surface area contributed by atoms with Gasteiger partial charge in [-0.05, 0) is 0 Å². The van der Waals surface area contributed by atoms with Gasteiger partial charge in [-0.15, -0.1) is 0 Å². The van der Waals surface area contributed by atoms with Crippen LogP contribution in [0, 0.1) is 0 Å². The second-order valence-electron chi connectivity index (χ2n) is 1.71. The topological polar surface area (TPSA) is 89.6 Å². The molecule has 0 aliphatic heterocycles. The first-order chi connectivity index (χ1) is 5.54. The van der Waals surface area contributed by atoms with Gasteiger partial charge >= 0.3 is 11.9 Å². The first-order valence-corrected chi connectivity index (χ1v) is 3.24. The summed E-state index contributed by atoms with van der Waals surface area (Å²) in [6.45, 7) is 4.71. The summed E-state index contributed by atoms with van der Waals surface area (Å²) in [5.41, 5.74) is 4.85. The van der Waals surface area contributed by atoms with E-state index < -0.39 is 5.97 Å². The molecule has 5 nitrogen and oxygen atoms in total. The van der Waals surface area contributed by atoms with Crippen molar-refractivity contribution in [3.8, 4) is 0 Å². The van der Waals surface area contributed by atoms with Crippen LogP contribution in [0.3, 0.4) is 0 Å². The van der Waals surface area contributed by atoms with E-state index >= 15 is 0 Å². The number of carbonyl (C=O) groups excluding carboxylic acids is 1. The van der Waals surface area contributed by atoms with Gasteiger partial charge in [0.15, 0.2) is 0 Å². The number of rotatable bonds is 3. The molecule has 0 aromatic carbocycles. The van der Waals surface area contributed by atoms with Gasteiger partial charge in [-0.2, -0.15) is 0 Å². The van der Waals surface area contributed by atoms with E-state index in [9.17, 15) is 9.59 Å². The molecule has 0 unspecified atom stereocenters. The van der Waals surface area contributed by atoms with Gasteiger partial charge in [0.25, 0.3) is 0 Å². The number of aliphatic carboxylic acids is 1. The Labute approximate surface area is 70.8 Å². The van der Waals surface area contributed by atoms with Crippen LogP contribution in [0.4, 0.5) is 0 Å². The van der Waals surface area contributed by atoms with Crippen molar-refractivity contribution in [2.45, 2.75) is 13.3 Å². The van der Waals surface area contributed by atoms with Crippen LogP contribution in [-0.4, -0.2) is 23.6 Å². The molecule has 0 aliphatic carbocycles. The molecular formula is C7H13NO4. The van der Waals surface area contributed by atoms with Crippen LogP contribution in [0.5, 0.6) is 0 Å². The van der Waals surface area contributed by atoms with Gasteiger partial charge in [-0.25, -0.2) is 0 Å². The van der Waals surface area contributed by atoms with E-state index in [0.717, 1.165) is 6.26 Å². The lowest BCUT2D eigenvalue weighted by Gasteiger charge is -1.83. The number of carboxylic acids is 1. The standard InChI is InChI=1S/C4H6O2.C3H7NO2/c1-3-6-4(2)5;4-2-1-3(5)6/h3H,1H2,2H3;1-2,4H2,(H,5,6). The number of carbonyl (C=O) groups is 2. The summed E-state index contributed by atoms with van der Waals surface area (Å²) >= 11 is 0. The van der Waals surface area contributed by atoms with Crippen LogP contribution < -0.4 is 5.73 Å². The molecule has 0 bridgehead atoms. The molecule has 0 rings (SSSR count). The Morgan fingerprint density at radius 1 is 1.67 bits per heavy atom. The van der Waals surface area contributed by atoms with Crippen molar-refractivity contribution < 1.29 is 19.4 Å². The fourth-order valence-corrected chi connectivity index (χ4v) is 0.241. The van der Waals surface area contributed by atoms with Crippen molar-refractivity contribution >= 4 is 11.9 Å². The predicted octanol–water partition coefficient (Wildman–Crippen LogP) is 0.113. The summed E-state index contributed by atoms with van der Waals surface area (Å²) in [5, 5.41) is 7.83. The highest BCUT2D eigenvalue weighted by Gasteiger charge is 1.87. The summed E-state index contributed by atoms with van der Waals surface area (Å²) in [7, 11) is 0. The molecule has 0 atom stereocenters. The third-order valence-electron chi connectivity index (χ3n) is 0.608. The zero-order chi connectivity index (χ0) is 9.98.